The second-order valence-electron chi connectivity index (χ2n) is 3.53. The molecule has 0 saturated heterocycles. The van der Waals surface area contributed by atoms with Gasteiger partial charge in [0.2, 0.25) is 0 Å². The van der Waals surface area contributed by atoms with Crippen LogP contribution in [-0.4, -0.2) is 40.9 Å². The minimum Gasteiger partial charge on any atom is -0.465 e. The maximum atomic E-state index is 11.7. The smallest absolute Gasteiger partial charge is 0.323 e. The summed E-state index contributed by atoms with van der Waals surface area (Å²) in [5.41, 5.74) is 0. The highest BCUT2D eigenvalue weighted by atomic mass is 32.2. The molecule has 0 radical (unpaired) electrons. The molecule has 0 amide bonds. The molecule has 0 spiro atoms. The predicted octanol–water partition coefficient (Wildman–Crippen LogP) is 1.50. The van der Waals surface area contributed by atoms with E-state index in [1.165, 1.54) is 0 Å². The molecular weight excluding hydrogens is 250 g/mol. The van der Waals surface area contributed by atoms with Gasteiger partial charge < -0.3 is 10.1 Å². The molecule has 1 unspecified atom stereocenters. The van der Waals surface area contributed by atoms with Gasteiger partial charge in [0.1, 0.15) is 6.04 Å². The van der Waals surface area contributed by atoms with Gasteiger partial charge in [-0.1, -0.05) is 18.7 Å². The maximum Gasteiger partial charge on any atom is 0.323 e. The molecule has 6 heteroatoms. The Morgan fingerprint density at radius 1 is 1.44 bits per heavy atom. The molecule has 0 fully saturated rings. The number of thioether (sulfide) groups is 1. The van der Waals surface area contributed by atoms with Crippen LogP contribution in [0.4, 0.5) is 0 Å². The van der Waals surface area contributed by atoms with Gasteiger partial charge in [-0.25, -0.2) is 9.97 Å². The van der Waals surface area contributed by atoms with Crippen LogP contribution in [0.15, 0.2) is 23.6 Å². The van der Waals surface area contributed by atoms with Gasteiger partial charge in [0.15, 0.2) is 5.16 Å². The van der Waals surface area contributed by atoms with Crippen molar-refractivity contribution < 1.29 is 9.53 Å². The molecule has 0 aliphatic rings. The minimum absolute atomic E-state index is 0.186. The lowest BCUT2D eigenvalue weighted by atomic mass is 10.2. The zero-order valence-corrected chi connectivity index (χ0v) is 11.6. The number of likely N-dealkylation sites (N-methyl/N-ethyl adjacent to an activating group) is 1. The highest BCUT2D eigenvalue weighted by molar-refractivity contribution is 7.99. The Balaban J connectivity index is 2.35. The Morgan fingerprint density at radius 2 is 2.17 bits per heavy atom. The first-order valence-corrected chi connectivity index (χ1v) is 7.06. The highest BCUT2D eigenvalue weighted by Crippen LogP contribution is 2.13. The quantitative estimate of drug-likeness (QED) is 0.438. The van der Waals surface area contributed by atoms with Gasteiger partial charge in [0, 0.05) is 18.1 Å². The van der Waals surface area contributed by atoms with Crippen LogP contribution >= 0.6 is 11.8 Å². The first-order valence-electron chi connectivity index (χ1n) is 6.07. The molecule has 0 aromatic carbocycles. The number of ether oxygens (including phenoxy) is 1. The van der Waals surface area contributed by atoms with Crippen LogP contribution in [0.1, 0.15) is 20.3 Å². The summed E-state index contributed by atoms with van der Waals surface area (Å²) >= 11 is 1.54. The molecule has 1 N–H and O–H groups in total. The van der Waals surface area contributed by atoms with Crippen molar-refractivity contribution in [1.82, 2.24) is 15.3 Å². The Bertz CT molecular complexity index is 348. The predicted molar refractivity (Wildman–Crippen MR) is 71.5 cm³/mol. The van der Waals surface area contributed by atoms with Gasteiger partial charge in [-0.3, -0.25) is 4.79 Å². The van der Waals surface area contributed by atoms with Crippen molar-refractivity contribution in [3.05, 3.63) is 18.5 Å². The number of nitrogens with one attached hydrogen (secondary N) is 1. The van der Waals surface area contributed by atoms with Gasteiger partial charge >= 0.3 is 5.97 Å². The summed E-state index contributed by atoms with van der Waals surface area (Å²) in [6.45, 7) is 4.94. The number of hydrogen-bond donors (Lipinski definition) is 1. The van der Waals surface area contributed by atoms with Gasteiger partial charge in [-0.05, 0) is 26.0 Å². The van der Waals surface area contributed by atoms with E-state index in [9.17, 15) is 4.79 Å². The van der Waals surface area contributed by atoms with Crippen molar-refractivity contribution in [3.63, 3.8) is 0 Å². The van der Waals surface area contributed by atoms with Crippen LogP contribution in [0.2, 0.25) is 0 Å². The van der Waals surface area contributed by atoms with E-state index in [1.807, 2.05) is 13.8 Å². The second-order valence-corrected chi connectivity index (χ2v) is 4.59. The Kier molecular flexibility index (Phi) is 7.36. The van der Waals surface area contributed by atoms with Crippen molar-refractivity contribution in [3.8, 4) is 0 Å². The summed E-state index contributed by atoms with van der Waals surface area (Å²) in [4.78, 5) is 19.9. The normalized spacial score (nSPS) is 12.1. The lowest BCUT2D eigenvalue weighted by Crippen LogP contribution is -2.38. The average molecular weight is 269 g/mol. The molecule has 1 heterocycles. The van der Waals surface area contributed by atoms with Crippen molar-refractivity contribution in [2.75, 3.05) is 18.9 Å². The molecule has 18 heavy (non-hydrogen) atoms. The lowest BCUT2D eigenvalue weighted by molar-refractivity contribution is -0.145. The molecular formula is C12H19N3O2S. The van der Waals surface area contributed by atoms with Crippen molar-refractivity contribution in [2.45, 2.75) is 31.5 Å². The van der Waals surface area contributed by atoms with E-state index in [4.69, 9.17) is 4.74 Å². The number of carbonyl (C=O) groups is 1. The number of esters is 1. The third-order valence-electron chi connectivity index (χ3n) is 2.20. The van der Waals surface area contributed by atoms with Crippen LogP contribution in [0.25, 0.3) is 0 Å². The van der Waals surface area contributed by atoms with Gasteiger partial charge in [0.05, 0.1) is 6.61 Å². The first-order chi connectivity index (χ1) is 8.77. The van der Waals surface area contributed by atoms with Gasteiger partial charge in [0.25, 0.3) is 0 Å². The van der Waals surface area contributed by atoms with E-state index in [1.54, 1.807) is 30.2 Å². The lowest BCUT2D eigenvalue weighted by Gasteiger charge is -2.15. The number of nitrogens with zero attached hydrogens (tertiary/aromatic N) is 2. The SMILES string of the molecule is CCNC(CCSc1ncccn1)C(=O)OCC. The summed E-state index contributed by atoms with van der Waals surface area (Å²) in [7, 11) is 0. The number of rotatable bonds is 8. The molecule has 1 atom stereocenters. The van der Waals surface area contributed by atoms with Crippen LogP contribution in [-0.2, 0) is 9.53 Å². The maximum absolute atomic E-state index is 11.7. The fraction of sp³-hybridized carbons (Fsp3) is 0.583. The Hall–Kier alpha value is -1.14. The monoisotopic (exact) mass is 269 g/mol. The van der Waals surface area contributed by atoms with Gasteiger partial charge in [-0.15, -0.1) is 0 Å². The fourth-order valence-corrected chi connectivity index (χ4v) is 2.23. The van der Waals surface area contributed by atoms with E-state index < -0.39 is 0 Å². The largest absolute Gasteiger partial charge is 0.465 e. The Morgan fingerprint density at radius 3 is 2.78 bits per heavy atom. The summed E-state index contributed by atoms with van der Waals surface area (Å²) in [6.07, 6.45) is 4.13. The molecule has 100 valence electrons. The fourth-order valence-electron chi connectivity index (χ4n) is 1.42. The van der Waals surface area contributed by atoms with Crippen LogP contribution < -0.4 is 5.32 Å². The standard InChI is InChI=1S/C12H19N3O2S/c1-3-13-10(11(16)17-4-2)6-9-18-12-14-7-5-8-15-12/h5,7-8,10,13H,3-4,6,9H2,1-2H3. The first kappa shape index (κ1) is 14.9. The number of hydrogen-bond acceptors (Lipinski definition) is 6. The average Bonchev–Trinajstić information content (AvgIpc) is 2.39. The summed E-state index contributed by atoms with van der Waals surface area (Å²) in [5.74, 6) is 0.592. The second kappa shape index (κ2) is 8.88. The van der Waals surface area contributed by atoms with E-state index in [0.717, 1.165) is 17.5 Å². The van der Waals surface area contributed by atoms with Crippen molar-refractivity contribution >= 4 is 17.7 Å². The van der Waals surface area contributed by atoms with Crippen molar-refractivity contribution in [2.24, 2.45) is 0 Å². The van der Waals surface area contributed by atoms with Crippen LogP contribution in [0.3, 0.4) is 0 Å². The molecule has 1 aromatic rings. The minimum atomic E-state index is -0.244. The summed E-state index contributed by atoms with van der Waals surface area (Å²) in [6, 6.07) is 1.54. The summed E-state index contributed by atoms with van der Waals surface area (Å²) < 4.78 is 5.02. The van der Waals surface area contributed by atoms with Gasteiger partial charge in [-0.2, -0.15) is 0 Å². The zero-order chi connectivity index (χ0) is 13.2. The number of carbonyl (C=O) groups excluding carboxylic acids is 1. The molecule has 0 saturated carbocycles. The third-order valence-corrected chi connectivity index (χ3v) is 3.11. The Labute approximate surface area is 112 Å². The highest BCUT2D eigenvalue weighted by Gasteiger charge is 2.18. The molecule has 0 aliphatic heterocycles. The summed E-state index contributed by atoms with van der Waals surface area (Å²) in [5, 5.41) is 3.86. The van der Waals surface area contributed by atoms with Crippen LogP contribution in [0.5, 0.6) is 0 Å². The zero-order valence-electron chi connectivity index (χ0n) is 10.8. The molecule has 1 aromatic heterocycles. The third kappa shape index (κ3) is 5.46. The van der Waals surface area contributed by atoms with Crippen LogP contribution in [0, 0.1) is 0 Å². The van der Waals surface area contributed by atoms with E-state index in [-0.39, 0.29) is 12.0 Å². The molecule has 5 nitrogen and oxygen atoms in total. The molecule has 0 bridgehead atoms. The van der Waals surface area contributed by atoms with E-state index >= 15 is 0 Å². The molecule has 0 aliphatic carbocycles. The van der Waals surface area contributed by atoms with Crippen molar-refractivity contribution in [1.29, 1.82) is 0 Å². The molecule has 1 rings (SSSR count). The topological polar surface area (TPSA) is 64.1 Å². The number of aromatic nitrogens is 2. The van der Waals surface area contributed by atoms with E-state index in [2.05, 4.69) is 15.3 Å². The van der Waals surface area contributed by atoms with E-state index in [0.29, 0.717) is 13.0 Å².